The lowest BCUT2D eigenvalue weighted by molar-refractivity contribution is -0.154. The van der Waals surface area contributed by atoms with Crippen molar-refractivity contribution in [2.45, 2.75) is 32.0 Å². The summed E-state index contributed by atoms with van der Waals surface area (Å²) >= 11 is 0. The highest BCUT2D eigenvalue weighted by molar-refractivity contribution is 5.99. The summed E-state index contributed by atoms with van der Waals surface area (Å²) in [5.41, 5.74) is 2.77. The molecule has 0 spiro atoms. The molecule has 0 aliphatic carbocycles. The average molecular weight is 421 g/mol. The monoisotopic (exact) mass is 421 g/mol. The molecule has 0 saturated carbocycles. The van der Waals surface area contributed by atoms with Crippen molar-refractivity contribution in [1.29, 1.82) is 0 Å². The van der Waals surface area contributed by atoms with Crippen LogP contribution in [0.25, 0.3) is 0 Å². The molecule has 2 atom stereocenters. The fourth-order valence-corrected chi connectivity index (χ4v) is 4.03. The van der Waals surface area contributed by atoms with Gasteiger partial charge in [-0.05, 0) is 29.7 Å². The Morgan fingerprint density at radius 3 is 2.48 bits per heavy atom. The Hall–Kier alpha value is -3.19. The SMILES string of the molecule is CCc1ccc(C(=O)N2CCN3C(=O)[C@H](COCc4ccccc4)NC(=O)[C@H]3C2)cc1. The Balaban J connectivity index is 1.35. The second-order valence-electron chi connectivity index (χ2n) is 7.91. The number of rotatable bonds is 6. The van der Waals surface area contributed by atoms with Gasteiger partial charge in [-0.1, -0.05) is 49.4 Å². The van der Waals surface area contributed by atoms with Gasteiger partial charge in [0.15, 0.2) is 0 Å². The second kappa shape index (κ2) is 9.31. The Morgan fingerprint density at radius 1 is 1.03 bits per heavy atom. The molecule has 0 bridgehead atoms. The van der Waals surface area contributed by atoms with E-state index in [0.29, 0.717) is 25.3 Å². The van der Waals surface area contributed by atoms with Gasteiger partial charge in [0.05, 0.1) is 19.8 Å². The smallest absolute Gasteiger partial charge is 0.253 e. The fraction of sp³-hybridized carbons (Fsp3) is 0.375. The van der Waals surface area contributed by atoms with Crippen molar-refractivity contribution in [2.24, 2.45) is 0 Å². The topological polar surface area (TPSA) is 79.0 Å². The Kier molecular flexibility index (Phi) is 6.32. The molecule has 2 fully saturated rings. The molecule has 2 heterocycles. The zero-order chi connectivity index (χ0) is 21.8. The van der Waals surface area contributed by atoms with Crippen LogP contribution < -0.4 is 5.32 Å². The molecule has 0 radical (unpaired) electrons. The first-order valence-electron chi connectivity index (χ1n) is 10.7. The van der Waals surface area contributed by atoms with Gasteiger partial charge in [0.2, 0.25) is 11.8 Å². The van der Waals surface area contributed by atoms with E-state index < -0.39 is 12.1 Å². The van der Waals surface area contributed by atoms with Crippen LogP contribution in [0.4, 0.5) is 0 Å². The van der Waals surface area contributed by atoms with E-state index >= 15 is 0 Å². The van der Waals surface area contributed by atoms with Gasteiger partial charge in [-0.25, -0.2) is 0 Å². The van der Waals surface area contributed by atoms with E-state index in [0.717, 1.165) is 12.0 Å². The standard InChI is InChI=1S/C24H27N3O4/c1-2-17-8-10-19(11-9-17)23(29)26-12-13-27-21(14-26)22(28)25-20(24(27)30)16-31-15-18-6-4-3-5-7-18/h3-11,20-21H,2,12-16H2,1H3,(H,25,28)/t20-,21+/m0/s1. The van der Waals surface area contributed by atoms with Gasteiger partial charge < -0.3 is 19.9 Å². The van der Waals surface area contributed by atoms with Crippen molar-refractivity contribution >= 4 is 17.7 Å². The van der Waals surface area contributed by atoms with Crippen molar-refractivity contribution < 1.29 is 19.1 Å². The Morgan fingerprint density at radius 2 is 1.77 bits per heavy atom. The van der Waals surface area contributed by atoms with E-state index in [-0.39, 0.29) is 30.9 Å². The quantitative estimate of drug-likeness (QED) is 0.769. The number of ether oxygens (including phenoxy) is 1. The first-order chi connectivity index (χ1) is 15.1. The molecular formula is C24H27N3O4. The summed E-state index contributed by atoms with van der Waals surface area (Å²) in [4.78, 5) is 41.7. The van der Waals surface area contributed by atoms with Crippen LogP contribution in [-0.2, 0) is 27.4 Å². The molecule has 31 heavy (non-hydrogen) atoms. The first kappa shape index (κ1) is 21.1. The van der Waals surface area contributed by atoms with Gasteiger partial charge in [0.1, 0.15) is 12.1 Å². The minimum absolute atomic E-state index is 0.115. The van der Waals surface area contributed by atoms with Crippen LogP contribution in [0.1, 0.15) is 28.4 Å². The normalized spacial score (nSPS) is 20.9. The predicted molar refractivity (Wildman–Crippen MR) is 115 cm³/mol. The lowest BCUT2D eigenvalue weighted by atomic mass is 10.0. The number of benzene rings is 2. The highest BCUT2D eigenvalue weighted by atomic mass is 16.5. The first-order valence-corrected chi connectivity index (χ1v) is 10.7. The van der Waals surface area contributed by atoms with E-state index in [9.17, 15) is 14.4 Å². The molecular weight excluding hydrogens is 394 g/mol. The average Bonchev–Trinajstić information content (AvgIpc) is 2.82. The third-order valence-corrected chi connectivity index (χ3v) is 5.87. The highest BCUT2D eigenvalue weighted by Gasteiger charge is 2.44. The summed E-state index contributed by atoms with van der Waals surface area (Å²) in [6, 6.07) is 15.8. The second-order valence-corrected chi connectivity index (χ2v) is 7.91. The van der Waals surface area contributed by atoms with E-state index in [4.69, 9.17) is 4.74 Å². The van der Waals surface area contributed by atoms with E-state index in [2.05, 4.69) is 12.2 Å². The van der Waals surface area contributed by atoms with Crippen molar-refractivity contribution in [3.63, 3.8) is 0 Å². The number of amides is 3. The van der Waals surface area contributed by atoms with Crippen LogP contribution in [-0.4, -0.2) is 65.8 Å². The molecule has 3 amide bonds. The van der Waals surface area contributed by atoms with E-state index in [1.54, 1.807) is 9.80 Å². The lowest BCUT2D eigenvalue weighted by Gasteiger charge is -2.45. The maximum Gasteiger partial charge on any atom is 0.253 e. The predicted octanol–water partition coefficient (Wildman–Crippen LogP) is 1.62. The van der Waals surface area contributed by atoms with Crippen LogP contribution in [0.3, 0.4) is 0 Å². The number of aryl methyl sites for hydroxylation is 1. The Labute approximate surface area is 182 Å². The number of nitrogens with one attached hydrogen (secondary N) is 1. The number of carbonyl (C=O) groups excluding carboxylic acids is 3. The van der Waals surface area contributed by atoms with Crippen LogP contribution in [0.2, 0.25) is 0 Å². The maximum absolute atomic E-state index is 12.9. The molecule has 7 heteroatoms. The summed E-state index contributed by atoms with van der Waals surface area (Å²) in [7, 11) is 0. The van der Waals surface area contributed by atoms with E-state index in [1.165, 1.54) is 5.56 Å². The zero-order valence-corrected chi connectivity index (χ0v) is 17.6. The molecule has 1 N–H and O–H groups in total. The van der Waals surface area contributed by atoms with Gasteiger partial charge in [0, 0.05) is 18.7 Å². The molecule has 4 rings (SSSR count). The Bertz CT molecular complexity index is 945. The van der Waals surface area contributed by atoms with E-state index in [1.807, 2.05) is 54.6 Å². The number of carbonyl (C=O) groups is 3. The molecule has 7 nitrogen and oxygen atoms in total. The van der Waals surface area contributed by atoms with Crippen molar-refractivity contribution in [1.82, 2.24) is 15.1 Å². The van der Waals surface area contributed by atoms with Gasteiger partial charge in [-0.3, -0.25) is 14.4 Å². The third-order valence-electron chi connectivity index (χ3n) is 5.87. The van der Waals surface area contributed by atoms with Crippen LogP contribution >= 0.6 is 0 Å². The van der Waals surface area contributed by atoms with Gasteiger partial charge in [-0.2, -0.15) is 0 Å². The summed E-state index contributed by atoms with van der Waals surface area (Å²) < 4.78 is 5.67. The number of nitrogens with zero attached hydrogens (tertiary/aromatic N) is 2. The molecule has 2 aliphatic heterocycles. The number of hydrogen-bond acceptors (Lipinski definition) is 4. The van der Waals surface area contributed by atoms with Gasteiger partial charge >= 0.3 is 0 Å². The summed E-state index contributed by atoms with van der Waals surface area (Å²) in [6.07, 6.45) is 0.910. The number of piperazine rings is 2. The van der Waals surface area contributed by atoms with Gasteiger partial charge in [-0.15, -0.1) is 0 Å². The molecule has 2 aromatic rings. The molecule has 2 aliphatic rings. The van der Waals surface area contributed by atoms with Crippen molar-refractivity contribution in [3.8, 4) is 0 Å². The molecule has 0 unspecified atom stereocenters. The maximum atomic E-state index is 12.9. The minimum atomic E-state index is -0.698. The number of fused-ring (bicyclic) bond motifs is 1. The molecule has 162 valence electrons. The van der Waals surface area contributed by atoms with Crippen molar-refractivity contribution in [3.05, 3.63) is 71.3 Å². The summed E-state index contributed by atoms with van der Waals surface area (Å²) in [5.74, 6) is -0.514. The largest absolute Gasteiger partial charge is 0.374 e. The van der Waals surface area contributed by atoms with Crippen molar-refractivity contribution in [2.75, 3.05) is 26.2 Å². The summed E-state index contributed by atoms with van der Waals surface area (Å²) in [6.45, 7) is 3.50. The fourth-order valence-electron chi connectivity index (χ4n) is 4.03. The third kappa shape index (κ3) is 4.61. The molecule has 0 aromatic heterocycles. The molecule has 2 aromatic carbocycles. The number of hydrogen-bond donors (Lipinski definition) is 1. The summed E-state index contributed by atoms with van der Waals surface area (Å²) in [5, 5.41) is 2.77. The lowest BCUT2D eigenvalue weighted by Crippen LogP contribution is -2.70. The highest BCUT2D eigenvalue weighted by Crippen LogP contribution is 2.19. The minimum Gasteiger partial charge on any atom is -0.374 e. The van der Waals surface area contributed by atoms with Crippen LogP contribution in [0.15, 0.2) is 54.6 Å². The van der Waals surface area contributed by atoms with Crippen LogP contribution in [0, 0.1) is 0 Å². The van der Waals surface area contributed by atoms with Gasteiger partial charge in [0.25, 0.3) is 5.91 Å². The van der Waals surface area contributed by atoms with Crippen LogP contribution in [0.5, 0.6) is 0 Å². The zero-order valence-electron chi connectivity index (χ0n) is 17.6. The molecule has 2 saturated heterocycles.